The zero-order valence-electron chi connectivity index (χ0n) is 26.8. The van der Waals surface area contributed by atoms with Crippen molar-refractivity contribution in [2.24, 2.45) is 11.5 Å². The molecule has 0 spiro atoms. The van der Waals surface area contributed by atoms with E-state index in [1.54, 1.807) is 40.7 Å². The molecule has 1 aromatic heterocycles. The SMILES string of the molecule is COc1cc2c(C(C)OC(=O)CCCN)cc(=O)oc2cc1OCCCC(=O)OC(C)(C)CCOC(C)(C)C(=O)CCCN. The topological polar surface area (TPSA) is 180 Å². The lowest BCUT2D eigenvalue weighted by molar-refractivity contribution is -0.161. The van der Waals surface area contributed by atoms with Gasteiger partial charge in [-0.15, -0.1) is 0 Å². The van der Waals surface area contributed by atoms with Crippen molar-refractivity contribution in [1.29, 1.82) is 0 Å². The normalized spacial score (nSPS) is 12.5. The number of carbonyl (C=O) groups excluding carboxylic acids is 3. The molecule has 0 bridgehead atoms. The molecule has 12 nitrogen and oxygen atoms in total. The van der Waals surface area contributed by atoms with Gasteiger partial charge in [-0.25, -0.2) is 4.79 Å². The second kappa shape index (κ2) is 17.1. The molecule has 2 rings (SSSR count). The number of esters is 2. The van der Waals surface area contributed by atoms with Crippen molar-refractivity contribution in [1.82, 2.24) is 0 Å². The number of rotatable bonds is 20. The zero-order valence-corrected chi connectivity index (χ0v) is 26.8. The van der Waals surface area contributed by atoms with Crippen molar-refractivity contribution < 1.29 is 42.5 Å². The van der Waals surface area contributed by atoms with Gasteiger partial charge in [-0.1, -0.05) is 0 Å². The van der Waals surface area contributed by atoms with Crippen LogP contribution >= 0.6 is 0 Å². The van der Waals surface area contributed by atoms with Crippen molar-refractivity contribution in [2.75, 3.05) is 33.4 Å². The van der Waals surface area contributed by atoms with Gasteiger partial charge in [0.15, 0.2) is 17.3 Å². The van der Waals surface area contributed by atoms with Crippen LogP contribution in [0.25, 0.3) is 11.0 Å². The van der Waals surface area contributed by atoms with Gasteiger partial charge in [0.05, 0.1) is 20.3 Å². The second-order valence-electron chi connectivity index (χ2n) is 11.7. The minimum atomic E-state index is -0.934. The summed E-state index contributed by atoms with van der Waals surface area (Å²) in [6.45, 7) is 9.94. The molecule has 2 aromatic rings. The Morgan fingerprint density at radius 3 is 2.20 bits per heavy atom. The lowest BCUT2D eigenvalue weighted by Gasteiger charge is -2.29. The van der Waals surface area contributed by atoms with Crippen LogP contribution in [0.15, 0.2) is 27.4 Å². The average Bonchev–Trinajstić information content (AvgIpc) is 2.95. The molecule has 246 valence electrons. The molecule has 1 aromatic carbocycles. The maximum Gasteiger partial charge on any atom is 0.336 e. The maximum atomic E-state index is 12.5. The largest absolute Gasteiger partial charge is 0.493 e. The first kappa shape index (κ1) is 36.7. The van der Waals surface area contributed by atoms with E-state index >= 15 is 0 Å². The minimum Gasteiger partial charge on any atom is -0.493 e. The average molecular weight is 621 g/mol. The summed E-state index contributed by atoms with van der Waals surface area (Å²) in [5, 5.41) is 0.533. The molecule has 0 fully saturated rings. The van der Waals surface area contributed by atoms with Crippen LogP contribution in [-0.4, -0.2) is 62.3 Å². The molecule has 0 aliphatic rings. The molecular formula is C32H48N2O10. The first-order valence-corrected chi connectivity index (χ1v) is 15.0. The number of ether oxygens (including phenoxy) is 5. The Morgan fingerprint density at radius 1 is 0.886 bits per heavy atom. The van der Waals surface area contributed by atoms with Crippen LogP contribution in [0.4, 0.5) is 0 Å². The van der Waals surface area contributed by atoms with Gasteiger partial charge in [0.2, 0.25) is 0 Å². The Morgan fingerprint density at radius 2 is 1.55 bits per heavy atom. The van der Waals surface area contributed by atoms with Crippen molar-refractivity contribution in [3.05, 3.63) is 34.2 Å². The molecule has 0 amide bonds. The van der Waals surface area contributed by atoms with Gasteiger partial charge in [-0.05, 0) is 73.0 Å². The number of nitrogens with two attached hydrogens (primary N) is 2. The first-order chi connectivity index (χ1) is 20.7. The minimum absolute atomic E-state index is 0.0162. The predicted molar refractivity (Wildman–Crippen MR) is 165 cm³/mol. The summed E-state index contributed by atoms with van der Waals surface area (Å²) in [7, 11) is 1.48. The quantitative estimate of drug-likeness (QED) is 0.123. The van der Waals surface area contributed by atoms with E-state index < -0.39 is 34.9 Å². The first-order valence-electron chi connectivity index (χ1n) is 15.0. The van der Waals surface area contributed by atoms with Gasteiger partial charge in [0.25, 0.3) is 0 Å². The highest BCUT2D eigenvalue weighted by atomic mass is 16.6. The second-order valence-corrected chi connectivity index (χ2v) is 11.7. The van der Waals surface area contributed by atoms with E-state index in [4.69, 9.17) is 39.6 Å². The highest BCUT2D eigenvalue weighted by Gasteiger charge is 2.30. The van der Waals surface area contributed by atoms with Gasteiger partial charge in [-0.2, -0.15) is 0 Å². The molecule has 0 radical (unpaired) electrons. The van der Waals surface area contributed by atoms with Crippen LogP contribution in [0.3, 0.4) is 0 Å². The smallest absolute Gasteiger partial charge is 0.336 e. The number of hydrogen-bond donors (Lipinski definition) is 2. The Kier molecular flexibility index (Phi) is 14.3. The van der Waals surface area contributed by atoms with E-state index in [2.05, 4.69) is 0 Å². The van der Waals surface area contributed by atoms with Crippen molar-refractivity contribution in [3.8, 4) is 11.5 Å². The van der Waals surface area contributed by atoms with Gasteiger partial charge in [0.1, 0.15) is 22.9 Å². The molecule has 0 saturated heterocycles. The van der Waals surface area contributed by atoms with E-state index in [-0.39, 0.29) is 37.4 Å². The van der Waals surface area contributed by atoms with E-state index in [1.165, 1.54) is 19.2 Å². The fourth-order valence-corrected chi connectivity index (χ4v) is 4.37. The van der Waals surface area contributed by atoms with Crippen molar-refractivity contribution in [2.45, 2.75) is 96.9 Å². The molecule has 1 atom stereocenters. The lowest BCUT2D eigenvalue weighted by atomic mass is 9.99. The highest BCUT2D eigenvalue weighted by molar-refractivity contribution is 5.86. The van der Waals surface area contributed by atoms with Crippen LogP contribution in [0.1, 0.15) is 91.2 Å². The monoisotopic (exact) mass is 620 g/mol. The molecule has 0 aliphatic carbocycles. The fraction of sp³-hybridized carbons (Fsp3) is 0.625. The summed E-state index contributed by atoms with van der Waals surface area (Å²) in [6.07, 6.45) is 1.81. The lowest BCUT2D eigenvalue weighted by Crippen LogP contribution is -2.37. The van der Waals surface area contributed by atoms with Gasteiger partial charge >= 0.3 is 17.6 Å². The van der Waals surface area contributed by atoms with Crippen LogP contribution in [-0.2, 0) is 28.6 Å². The molecular weight excluding hydrogens is 572 g/mol. The Bertz CT molecular complexity index is 1320. The maximum absolute atomic E-state index is 12.5. The third-order valence-electron chi connectivity index (χ3n) is 7.01. The molecule has 0 saturated carbocycles. The van der Waals surface area contributed by atoms with E-state index in [0.717, 1.165) is 0 Å². The Labute approximate surface area is 258 Å². The number of Topliss-reactive ketones (excluding diaryl/α,β-unsaturated/α-hetero) is 1. The summed E-state index contributed by atoms with van der Waals surface area (Å²) < 4.78 is 33.7. The highest BCUT2D eigenvalue weighted by Crippen LogP contribution is 2.36. The third-order valence-corrected chi connectivity index (χ3v) is 7.01. The molecule has 1 heterocycles. The number of carbonyl (C=O) groups is 3. The fourth-order valence-electron chi connectivity index (χ4n) is 4.37. The Balaban J connectivity index is 1.95. The number of ketones is 1. The summed E-state index contributed by atoms with van der Waals surface area (Å²) in [5.74, 6) is -0.128. The molecule has 44 heavy (non-hydrogen) atoms. The molecule has 12 heteroatoms. The third kappa shape index (κ3) is 11.5. The van der Waals surface area contributed by atoms with Crippen LogP contribution in [0.5, 0.6) is 11.5 Å². The predicted octanol–water partition coefficient (Wildman–Crippen LogP) is 4.12. The molecule has 4 N–H and O–H groups in total. The summed E-state index contributed by atoms with van der Waals surface area (Å²) in [6, 6.07) is 4.47. The van der Waals surface area contributed by atoms with E-state index in [1.807, 2.05) is 0 Å². The van der Waals surface area contributed by atoms with Gasteiger partial charge < -0.3 is 39.6 Å². The summed E-state index contributed by atoms with van der Waals surface area (Å²) in [5.41, 5.74) is 9.33. The molecule has 1 unspecified atom stereocenters. The number of benzene rings is 1. The number of hydrogen-bond acceptors (Lipinski definition) is 12. The van der Waals surface area contributed by atoms with Crippen LogP contribution in [0.2, 0.25) is 0 Å². The zero-order chi connectivity index (χ0) is 32.9. The Hall–Kier alpha value is -3.48. The number of fused-ring (bicyclic) bond motifs is 1. The summed E-state index contributed by atoms with van der Waals surface area (Å²) in [4.78, 5) is 49.2. The van der Waals surface area contributed by atoms with E-state index in [9.17, 15) is 19.2 Å². The van der Waals surface area contributed by atoms with Crippen LogP contribution in [0, 0.1) is 0 Å². The van der Waals surface area contributed by atoms with Crippen molar-refractivity contribution >= 4 is 28.7 Å². The van der Waals surface area contributed by atoms with Crippen LogP contribution < -0.4 is 26.6 Å². The van der Waals surface area contributed by atoms with Gasteiger partial charge in [0, 0.05) is 48.8 Å². The van der Waals surface area contributed by atoms with E-state index in [0.29, 0.717) is 67.6 Å². The number of methoxy groups -OCH3 is 1. The van der Waals surface area contributed by atoms with Gasteiger partial charge in [-0.3, -0.25) is 14.4 Å². The standard InChI is InChI=1S/C32H48N2O10/c1-21(42-28(36)11-8-15-34)22-19-30(38)43-24-20-26(25(39-6)18-23(22)24)40-16-9-12-29(37)44-31(2,3)13-17-41-32(4,5)27(35)10-7-14-33/h18-21H,7-17,33-34H2,1-6H3. The summed E-state index contributed by atoms with van der Waals surface area (Å²) >= 11 is 0. The molecule has 0 aliphatic heterocycles. The van der Waals surface area contributed by atoms with Crippen molar-refractivity contribution in [3.63, 3.8) is 0 Å².